The van der Waals surface area contributed by atoms with E-state index in [1.165, 1.54) is 17.5 Å². The van der Waals surface area contributed by atoms with Gasteiger partial charge in [0.05, 0.1) is 0 Å². The lowest BCUT2D eigenvalue weighted by molar-refractivity contribution is 0.306. The summed E-state index contributed by atoms with van der Waals surface area (Å²) >= 11 is 1.94. The molecule has 0 saturated heterocycles. The van der Waals surface area contributed by atoms with Crippen LogP contribution in [0.3, 0.4) is 0 Å². The average molecular weight is 300 g/mol. The predicted molar refractivity (Wildman–Crippen MR) is 92.9 cm³/mol. The predicted octanol–water partition coefficient (Wildman–Crippen LogP) is 5.72. The van der Waals surface area contributed by atoms with Crippen LogP contribution in [0.15, 0.2) is 54.6 Å². The Kier molecular flexibility index (Phi) is 6.19. The SMILES string of the molecule is CSC(CC(C)C)c1ccc(COc2ccccc2)cc1. The summed E-state index contributed by atoms with van der Waals surface area (Å²) in [5.41, 5.74) is 2.63. The minimum Gasteiger partial charge on any atom is -0.489 e. The molecule has 0 bridgehead atoms. The van der Waals surface area contributed by atoms with Gasteiger partial charge in [-0.25, -0.2) is 0 Å². The molecule has 0 aliphatic rings. The number of thioether (sulfide) groups is 1. The second-order valence-electron chi connectivity index (χ2n) is 5.70. The highest BCUT2D eigenvalue weighted by Crippen LogP contribution is 2.33. The van der Waals surface area contributed by atoms with Crippen molar-refractivity contribution in [2.24, 2.45) is 5.92 Å². The second-order valence-corrected chi connectivity index (χ2v) is 6.74. The first-order valence-corrected chi connectivity index (χ1v) is 8.77. The molecule has 112 valence electrons. The molecule has 0 aromatic heterocycles. The summed E-state index contributed by atoms with van der Waals surface area (Å²) in [6, 6.07) is 18.8. The van der Waals surface area contributed by atoms with Gasteiger partial charge in [-0.2, -0.15) is 11.8 Å². The van der Waals surface area contributed by atoms with Gasteiger partial charge in [-0.3, -0.25) is 0 Å². The summed E-state index contributed by atoms with van der Waals surface area (Å²) in [5.74, 6) is 1.65. The van der Waals surface area contributed by atoms with Crippen molar-refractivity contribution in [1.29, 1.82) is 0 Å². The lowest BCUT2D eigenvalue weighted by Crippen LogP contribution is -2.00. The van der Waals surface area contributed by atoms with Gasteiger partial charge in [0.2, 0.25) is 0 Å². The minimum absolute atomic E-state index is 0.592. The Labute approximate surface area is 132 Å². The van der Waals surface area contributed by atoms with Crippen molar-refractivity contribution in [3.05, 3.63) is 65.7 Å². The molecule has 2 heteroatoms. The smallest absolute Gasteiger partial charge is 0.119 e. The first-order valence-electron chi connectivity index (χ1n) is 7.48. The Morgan fingerprint density at radius 1 is 0.952 bits per heavy atom. The van der Waals surface area contributed by atoms with Gasteiger partial charge in [0, 0.05) is 5.25 Å². The molecule has 21 heavy (non-hydrogen) atoms. The number of ether oxygens (including phenoxy) is 1. The Balaban J connectivity index is 1.95. The van der Waals surface area contributed by atoms with Crippen molar-refractivity contribution in [1.82, 2.24) is 0 Å². The molecule has 2 rings (SSSR count). The standard InChI is InChI=1S/C19H24OS/c1-15(2)13-19(21-3)17-11-9-16(10-12-17)14-20-18-7-5-4-6-8-18/h4-12,15,19H,13-14H2,1-3H3. The molecule has 0 saturated carbocycles. The van der Waals surface area contributed by atoms with Gasteiger partial charge in [0.25, 0.3) is 0 Å². The fourth-order valence-electron chi connectivity index (χ4n) is 2.31. The number of hydrogen-bond acceptors (Lipinski definition) is 2. The molecule has 0 radical (unpaired) electrons. The van der Waals surface area contributed by atoms with Gasteiger partial charge in [0.15, 0.2) is 0 Å². The minimum atomic E-state index is 0.592. The summed E-state index contributed by atoms with van der Waals surface area (Å²) in [4.78, 5) is 0. The zero-order valence-corrected chi connectivity index (χ0v) is 13.9. The summed E-state index contributed by atoms with van der Waals surface area (Å²) in [6.07, 6.45) is 3.42. The van der Waals surface area contributed by atoms with Gasteiger partial charge in [0.1, 0.15) is 12.4 Å². The highest BCUT2D eigenvalue weighted by atomic mass is 32.2. The summed E-state index contributed by atoms with van der Waals surface area (Å²) < 4.78 is 5.78. The number of benzene rings is 2. The van der Waals surface area contributed by atoms with E-state index in [4.69, 9.17) is 4.74 Å². The zero-order chi connectivity index (χ0) is 15.1. The van der Waals surface area contributed by atoms with Crippen LogP contribution in [0.2, 0.25) is 0 Å². The second kappa shape index (κ2) is 8.14. The molecule has 0 spiro atoms. The van der Waals surface area contributed by atoms with Crippen molar-refractivity contribution in [3.8, 4) is 5.75 Å². The maximum absolute atomic E-state index is 5.78. The third-order valence-corrected chi connectivity index (χ3v) is 4.50. The lowest BCUT2D eigenvalue weighted by atomic mass is 10.0. The Morgan fingerprint density at radius 2 is 1.62 bits per heavy atom. The normalized spacial score (nSPS) is 12.4. The molecular formula is C19H24OS. The molecule has 0 heterocycles. The zero-order valence-electron chi connectivity index (χ0n) is 13.1. The van der Waals surface area contributed by atoms with Crippen molar-refractivity contribution in [2.75, 3.05) is 6.26 Å². The van der Waals surface area contributed by atoms with Gasteiger partial charge < -0.3 is 4.74 Å². The van der Waals surface area contributed by atoms with Crippen molar-refractivity contribution >= 4 is 11.8 Å². The van der Waals surface area contributed by atoms with Crippen LogP contribution in [-0.2, 0) is 6.61 Å². The van der Waals surface area contributed by atoms with Crippen LogP contribution in [0.5, 0.6) is 5.75 Å². The lowest BCUT2D eigenvalue weighted by Gasteiger charge is -2.17. The number of hydrogen-bond donors (Lipinski definition) is 0. The average Bonchev–Trinajstić information content (AvgIpc) is 2.52. The first kappa shape index (κ1) is 16.0. The highest BCUT2D eigenvalue weighted by Gasteiger charge is 2.11. The Hall–Kier alpha value is -1.41. The summed E-state index contributed by atoms with van der Waals surface area (Å²) in [5, 5.41) is 0.592. The molecule has 2 aromatic rings. The molecular weight excluding hydrogens is 276 g/mol. The van der Waals surface area contributed by atoms with E-state index in [1.54, 1.807) is 0 Å². The summed E-state index contributed by atoms with van der Waals surface area (Å²) in [7, 11) is 0. The van der Waals surface area contributed by atoms with Crippen LogP contribution >= 0.6 is 11.8 Å². The largest absolute Gasteiger partial charge is 0.489 e. The van der Waals surface area contributed by atoms with E-state index < -0.39 is 0 Å². The maximum atomic E-state index is 5.78. The fraction of sp³-hybridized carbons (Fsp3) is 0.368. The topological polar surface area (TPSA) is 9.23 Å². The van der Waals surface area contributed by atoms with E-state index >= 15 is 0 Å². The van der Waals surface area contributed by atoms with Crippen molar-refractivity contribution < 1.29 is 4.74 Å². The van der Waals surface area contributed by atoms with E-state index in [0.29, 0.717) is 11.9 Å². The van der Waals surface area contributed by atoms with Gasteiger partial charge >= 0.3 is 0 Å². The molecule has 0 aliphatic heterocycles. The molecule has 0 aliphatic carbocycles. The van der Waals surface area contributed by atoms with Gasteiger partial charge in [-0.05, 0) is 41.9 Å². The third kappa shape index (κ3) is 5.13. The Morgan fingerprint density at radius 3 is 2.19 bits per heavy atom. The van der Waals surface area contributed by atoms with Crippen LogP contribution < -0.4 is 4.74 Å². The molecule has 1 unspecified atom stereocenters. The molecule has 0 amide bonds. The van der Waals surface area contributed by atoms with Gasteiger partial charge in [-0.15, -0.1) is 0 Å². The fourth-order valence-corrected chi connectivity index (χ4v) is 3.32. The number of rotatable bonds is 7. The van der Waals surface area contributed by atoms with E-state index in [-0.39, 0.29) is 0 Å². The first-order chi connectivity index (χ1) is 10.2. The van der Waals surface area contributed by atoms with E-state index in [9.17, 15) is 0 Å². The number of para-hydroxylation sites is 1. The molecule has 0 fully saturated rings. The van der Waals surface area contributed by atoms with Crippen LogP contribution in [0.25, 0.3) is 0 Å². The van der Waals surface area contributed by atoms with Crippen LogP contribution in [0.4, 0.5) is 0 Å². The quantitative estimate of drug-likeness (QED) is 0.647. The van der Waals surface area contributed by atoms with Crippen LogP contribution in [0, 0.1) is 5.92 Å². The molecule has 1 nitrogen and oxygen atoms in total. The summed E-state index contributed by atoms with van der Waals surface area (Å²) in [6.45, 7) is 5.19. The van der Waals surface area contributed by atoms with E-state index in [1.807, 2.05) is 42.1 Å². The molecule has 0 N–H and O–H groups in total. The Bertz CT molecular complexity index is 519. The highest BCUT2D eigenvalue weighted by molar-refractivity contribution is 7.98. The monoisotopic (exact) mass is 300 g/mol. The maximum Gasteiger partial charge on any atom is 0.119 e. The van der Waals surface area contributed by atoms with Gasteiger partial charge in [-0.1, -0.05) is 56.3 Å². The van der Waals surface area contributed by atoms with Crippen molar-refractivity contribution in [2.45, 2.75) is 32.1 Å². The van der Waals surface area contributed by atoms with Crippen LogP contribution in [0.1, 0.15) is 36.6 Å². The molecule has 2 aromatic carbocycles. The van der Waals surface area contributed by atoms with Crippen molar-refractivity contribution in [3.63, 3.8) is 0 Å². The van der Waals surface area contributed by atoms with E-state index in [2.05, 4.69) is 44.4 Å². The molecule has 1 atom stereocenters. The van der Waals surface area contributed by atoms with E-state index in [0.717, 1.165) is 11.7 Å². The third-order valence-electron chi connectivity index (χ3n) is 3.47. The van der Waals surface area contributed by atoms with Crippen LogP contribution in [-0.4, -0.2) is 6.26 Å².